The number of hydrogen-bond acceptors (Lipinski definition) is 4. The third kappa shape index (κ3) is 6.25. The van der Waals surface area contributed by atoms with Gasteiger partial charge in [-0.15, -0.1) is 0 Å². The highest BCUT2D eigenvalue weighted by molar-refractivity contribution is 4.46. The summed E-state index contributed by atoms with van der Waals surface area (Å²) >= 11 is 0. The van der Waals surface area contributed by atoms with Gasteiger partial charge >= 0.3 is 0 Å². The van der Waals surface area contributed by atoms with Gasteiger partial charge < -0.3 is 0 Å². The van der Waals surface area contributed by atoms with Crippen molar-refractivity contribution in [1.29, 1.82) is 0 Å². The molecule has 0 aliphatic rings. The van der Waals surface area contributed by atoms with Crippen LogP contribution in [0.2, 0.25) is 0 Å². The first-order valence-corrected chi connectivity index (χ1v) is 4.21. The highest BCUT2D eigenvalue weighted by Crippen LogP contribution is 1.83. The molecule has 0 fully saturated rings. The van der Waals surface area contributed by atoms with Crippen molar-refractivity contribution in [2.75, 3.05) is 6.54 Å². The molecule has 0 unspecified atom stereocenters. The lowest BCUT2D eigenvalue weighted by Gasteiger charge is -2.21. The Morgan fingerprint density at radius 2 is 2.09 bits per heavy atom. The highest BCUT2D eigenvalue weighted by Gasteiger charge is 1.99. The van der Waals surface area contributed by atoms with E-state index in [9.17, 15) is 0 Å². The maximum atomic E-state index is 5.56. The van der Waals surface area contributed by atoms with Crippen molar-refractivity contribution in [2.24, 2.45) is 5.84 Å². The monoisotopic (exact) mass is 160 g/mol. The average molecular weight is 160 g/mol. The molecule has 0 saturated carbocycles. The molecule has 4 heteroatoms. The summed E-state index contributed by atoms with van der Waals surface area (Å²) in [5, 5.41) is 1.55. The molecule has 0 radical (unpaired) electrons. The quantitative estimate of drug-likeness (QED) is 0.299. The molecular weight excluding hydrogens is 140 g/mol. The number of nitrogens with zero attached hydrogens (tertiary/aromatic N) is 1. The van der Waals surface area contributed by atoms with Gasteiger partial charge in [0, 0.05) is 12.6 Å². The number of unbranched alkanes of at least 4 members (excludes halogenated alkanes) is 1. The lowest BCUT2D eigenvalue weighted by molar-refractivity contribution is 0.114. The van der Waals surface area contributed by atoms with E-state index in [0.717, 1.165) is 6.54 Å². The maximum absolute atomic E-state index is 5.56. The second-order valence-electron chi connectivity index (χ2n) is 2.89. The lowest BCUT2D eigenvalue weighted by Crippen LogP contribution is -2.54. The molecular formula is C7H20N4. The predicted octanol–water partition coefficient (Wildman–Crippen LogP) is 0.380. The summed E-state index contributed by atoms with van der Waals surface area (Å²) in [4.78, 5) is 0. The van der Waals surface area contributed by atoms with Gasteiger partial charge in [0.25, 0.3) is 0 Å². The zero-order valence-electron chi connectivity index (χ0n) is 7.72. The van der Waals surface area contributed by atoms with E-state index in [1.165, 1.54) is 12.8 Å². The fourth-order valence-corrected chi connectivity index (χ4v) is 0.541. The largest absolute Gasteiger partial charge is 0.254 e. The van der Waals surface area contributed by atoms with E-state index >= 15 is 0 Å². The summed E-state index contributed by atoms with van der Waals surface area (Å²) < 4.78 is 0. The van der Waals surface area contributed by atoms with E-state index in [2.05, 4.69) is 17.9 Å². The topological polar surface area (TPSA) is 53.3 Å². The number of hydrazine groups is 3. The van der Waals surface area contributed by atoms with Gasteiger partial charge in [-0.25, -0.2) is 5.43 Å². The third-order valence-electron chi connectivity index (χ3n) is 1.42. The van der Waals surface area contributed by atoms with Crippen LogP contribution < -0.4 is 16.8 Å². The molecule has 0 rings (SSSR count). The van der Waals surface area contributed by atoms with Crippen LogP contribution in [0, 0.1) is 0 Å². The summed E-state index contributed by atoms with van der Waals surface area (Å²) in [5.41, 5.74) is 5.90. The van der Waals surface area contributed by atoms with Crippen LogP contribution in [0.25, 0.3) is 0 Å². The molecule has 0 spiro atoms. The molecule has 0 atom stereocenters. The molecule has 11 heavy (non-hydrogen) atoms. The van der Waals surface area contributed by atoms with E-state index in [1.54, 1.807) is 5.12 Å². The normalized spacial score (nSPS) is 11.5. The van der Waals surface area contributed by atoms with Gasteiger partial charge in [0.1, 0.15) is 0 Å². The van der Waals surface area contributed by atoms with E-state index in [1.807, 2.05) is 13.8 Å². The number of hydrogen-bond donors (Lipinski definition) is 3. The molecule has 0 aliphatic carbocycles. The Hall–Kier alpha value is -0.160. The zero-order valence-corrected chi connectivity index (χ0v) is 7.72. The Bertz CT molecular complexity index is 84.5. The standard InChI is InChI=1S/C7H20N4/c1-4-5-6-9-10-11(8)7(2)3/h7,9-10H,4-6,8H2,1-3H3. The van der Waals surface area contributed by atoms with Crippen LogP contribution in [0.5, 0.6) is 0 Å². The van der Waals surface area contributed by atoms with Crippen molar-refractivity contribution in [1.82, 2.24) is 16.1 Å². The van der Waals surface area contributed by atoms with Gasteiger partial charge in [0.2, 0.25) is 0 Å². The molecule has 0 aromatic carbocycles. The van der Waals surface area contributed by atoms with Crippen molar-refractivity contribution in [3.8, 4) is 0 Å². The Kier molecular flexibility index (Phi) is 6.45. The van der Waals surface area contributed by atoms with E-state index in [0.29, 0.717) is 6.04 Å². The van der Waals surface area contributed by atoms with Crippen molar-refractivity contribution in [2.45, 2.75) is 39.7 Å². The molecule has 4 N–H and O–H groups in total. The summed E-state index contributed by atoms with van der Waals surface area (Å²) in [5.74, 6) is 5.56. The van der Waals surface area contributed by atoms with Crippen LogP contribution in [-0.4, -0.2) is 17.7 Å². The van der Waals surface area contributed by atoms with Crippen molar-refractivity contribution >= 4 is 0 Å². The summed E-state index contributed by atoms with van der Waals surface area (Å²) in [6.45, 7) is 7.16. The number of nitrogens with two attached hydrogens (primary N) is 1. The molecule has 0 heterocycles. The SMILES string of the molecule is CCCCNNN(N)C(C)C. The fraction of sp³-hybridized carbons (Fsp3) is 1.00. The first-order chi connectivity index (χ1) is 5.18. The van der Waals surface area contributed by atoms with E-state index < -0.39 is 0 Å². The van der Waals surface area contributed by atoms with Crippen LogP contribution >= 0.6 is 0 Å². The Labute approximate surface area is 69.0 Å². The summed E-state index contributed by atoms with van der Waals surface area (Å²) in [6, 6.07) is 0.309. The molecule has 68 valence electrons. The van der Waals surface area contributed by atoms with Gasteiger partial charge in [-0.3, -0.25) is 5.84 Å². The molecule has 0 saturated heterocycles. The highest BCUT2D eigenvalue weighted by atomic mass is 15.8. The van der Waals surface area contributed by atoms with Gasteiger partial charge in [-0.05, 0) is 20.3 Å². The van der Waals surface area contributed by atoms with Gasteiger partial charge in [-0.1, -0.05) is 13.3 Å². The lowest BCUT2D eigenvalue weighted by atomic mass is 10.3. The van der Waals surface area contributed by atoms with Crippen molar-refractivity contribution in [3.05, 3.63) is 0 Å². The second-order valence-corrected chi connectivity index (χ2v) is 2.89. The van der Waals surface area contributed by atoms with Crippen molar-refractivity contribution in [3.63, 3.8) is 0 Å². The Balaban J connectivity index is 3.10. The Morgan fingerprint density at radius 1 is 1.45 bits per heavy atom. The number of nitrogens with one attached hydrogen (secondary N) is 2. The molecule has 0 amide bonds. The number of rotatable bonds is 6. The fourth-order valence-electron chi connectivity index (χ4n) is 0.541. The molecule has 4 nitrogen and oxygen atoms in total. The molecule has 0 aliphatic heterocycles. The molecule has 0 aromatic rings. The second kappa shape index (κ2) is 6.54. The molecule has 0 aromatic heterocycles. The van der Waals surface area contributed by atoms with Crippen LogP contribution in [-0.2, 0) is 0 Å². The minimum Gasteiger partial charge on any atom is -0.254 e. The predicted molar refractivity (Wildman–Crippen MR) is 47.2 cm³/mol. The first kappa shape index (κ1) is 10.8. The average Bonchev–Trinajstić information content (AvgIpc) is 1.97. The zero-order chi connectivity index (χ0) is 8.69. The van der Waals surface area contributed by atoms with E-state index in [-0.39, 0.29) is 0 Å². The summed E-state index contributed by atoms with van der Waals surface area (Å²) in [7, 11) is 0. The van der Waals surface area contributed by atoms with Crippen molar-refractivity contribution < 1.29 is 0 Å². The van der Waals surface area contributed by atoms with Crippen LogP contribution in [0.1, 0.15) is 33.6 Å². The minimum absolute atomic E-state index is 0.309. The van der Waals surface area contributed by atoms with Gasteiger partial charge in [0.15, 0.2) is 0 Å². The van der Waals surface area contributed by atoms with Gasteiger partial charge in [-0.2, -0.15) is 10.7 Å². The van der Waals surface area contributed by atoms with Crippen LogP contribution in [0.3, 0.4) is 0 Å². The van der Waals surface area contributed by atoms with E-state index in [4.69, 9.17) is 5.84 Å². The minimum atomic E-state index is 0.309. The molecule has 0 bridgehead atoms. The van der Waals surface area contributed by atoms with Gasteiger partial charge in [0.05, 0.1) is 0 Å². The first-order valence-electron chi connectivity index (χ1n) is 4.21. The van der Waals surface area contributed by atoms with Crippen LogP contribution in [0.15, 0.2) is 0 Å². The smallest absolute Gasteiger partial charge is 0.0354 e. The maximum Gasteiger partial charge on any atom is 0.0354 e. The van der Waals surface area contributed by atoms with Crippen LogP contribution in [0.4, 0.5) is 0 Å². The Morgan fingerprint density at radius 3 is 2.55 bits per heavy atom. The summed E-state index contributed by atoms with van der Waals surface area (Å²) in [6.07, 6.45) is 2.36. The third-order valence-corrected chi connectivity index (χ3v) is 1.42.